The first-order valence-electron chi connectivity index (χ1n) is 6.89. The Hall–Kier alpha value is -1.39. The van der Waals surface area contributed by atoms with Crippen molar-refractivity contribution >= 4 is 15.9 Å². The Kier molecular flexibility index (Phi) is 3.54. The van der Waals surface area contributed by atoms with Crippen LogP contribution in [0, 0.1) is 5.82 Å². The molecule has 110 valence electrons. The lowest BCUT2D eigenvalue weighted by Gasteiger charge is -2.16. The van der Waals surface area contributed by atoms with Crippen LogP contribution in [0.5, 0.6) is 5.75 Å². The summed E-state index contributed by atoms with van der Waals surface area (Å²) in [5, 5.41) is 0. The molecule has 1 heterocycles. The van der Waals surface area contributed by atoms with Crippen molar-refractivity contribution in [2.24, 2.45) is 5.73 Å². The van der Waals surface area contributed by atoms with Gasteiger partial charge in [-0.1, -0.05) is 24.3 Å². The lowest BCUT2D eigenvalue weighted by Crippen LogP contribution is -2.24. The second-order valence-corrected chi connectivity index (χ2v) is 6.82. The van der Waals surface area contributed by atoms with Gasteiger partial charge >= 0.3 is 0 Å². The standard InChI is InChI=1S/C17H17BrFNO/c1-17(2)9-11-8-10(6-7-14(11)21-17)16(20)12-4-3-5-13(19)15(12)18/h3-8,16H,9,20H2,1-2H3. The van der Waals surface area contributed by atoms with Gasteiger partial charge in [-0.25, -0.2) is 4.39 Å². The molecule has 0 aromatic heterocycles. The fourth-order valence-electron chi connectivity index (χ4n) is 2.76. The maximum Gasteiger partial charge on any atom is 0.137 e. The average Bonchev–Trinajstić information content (AvgIpc) is 2.73. The van der Waals surface area contributed by atoms with Crippen LogP contribution in [0.2, 0.25) is 0 Å². The van der Waals surface area contributed by atoms with Crippen LogP contribution < -0.4 is 10.5 Å². The van der Waals surface area contributed by atoms with Crippen LogP contribution in [0.4, 0.5) is 4.39 Å². The molecule has 0 spiro atoms. The summed E-state index contributed by atoms with van der Waals surface area (Å²) in [7, 11) is 0. The van der Waals surface area contributed by atoms with Gasteiger partial charge in [-0.2, -0.15) is 0 Å². The van der Waals surface area contributed by atoms with Gasteiger partial charge in [0.15, 0.2) is 0 Å². The highest BCUT2D eigenvalue weighted by molar-refractivity contribution is 9.10. The van der Waals surface area contributed by atoms with Crippen molar-refractivity contribution in [1.82, 2.24) is 0 Å². The molecule has 0 saturated heterocycles. The molecular weight excluding hydrogens is 333 g/mol. The predicted octanol–water partition coefficient (Wildman–Crippen LogP) is 4.35. The third kappa shape index (κ3) is 2.70. The number of hydrogen-bond donors (Lipinski definition) is 1. The summed E-state index contributed by atoms with van der Waals surface area (Å²) < 4.78 is 19.9. The molecule has 2 nitrogen and oxygen atoms in total. The third-order valence-corrected chi connectivity index (χ3v) is 4.60. The van der Waals surface area contributed by atoms with Gasteiger partial charge in [0.25, 0.3) is 0 Å². The van der Waals surface area contributed by atoms with Crippen molar-refractivity contribution in [3.05, 3.63) is 63.4 Å². The van der Waals surface area contributed by atoms with Crippen molar-refractivity contribution in [1.29, 1.82) is 0 Å². The summed E-state index contributed by atoms with van der Waals surface area (Å²) in [6.45, 7) is 4.13. The zero-order valence-corrected chi connectivity index (χ0v) is 13.6. The van der Waals surface area contributed by atoms with Gasteiger partial charge in [-0.15, -0.1) is 0 Å². The maximum absolute atomic E-state index is 13.7. The number of nitrogens with two attached hydrogens (primary N) is 1. The van der Waals surface area contributed by atoms with E-state index in [-0.39, 0.29) is 17.5 Å². The second kappa shape index (κ2) is 5.11. The monoisotopic (exact) mass is 349 g/mol. The maximum atomic E-state index is 13.7. The molecule has 3 rings (SSSR count). The first-order chi connectivity index (χ1) is 9.87. The van der Waals surface area contributed by atoms with Crippen LogP contribution in [-0.4, -0.2) is 5.60 Å². The van der Waals surface area contributed by atoms with Crippen molar-refractivity contribution in [2.75, 3.05) is 0 Å². The van der Waals surface area contributed by atoms with Gasteiger partial charge in [0.2, 0.25) is 0 Å². The largest absolute Gasteiger partial charge is 0.487 e. The Labute approximate surface area is 132 Å². The molecule has 0 bridgehead atoms. The fraction of sp³-hybridized carbons (Fsp3) is 0.294. The van der Waals surface area contributed by atoms with Gasteiger partial charge in [0.05, 0.1) is 10.5 Å². The molecule has 0 fully saturated rings. The number of fused-ring (bicyclic) bond motifs is 1. The summed E-state index contributed by atoms with van der Waals surface area (Å²) in [5.41, 5.74) is 8.99. The van der Waals surface area contributed by atoms with Crippen LogP contribution in [-0.2, 0) is 6.42 Å². The highest BCUT2D eigenvalue weighted by atomic mass is 79.9. The molecule has 1 aliphatic heterocycles. The van der Waals surface area contributed by atoms with E-state index in [1.165, 1.54) is 6.07 Å². The second-order valence-electron chi connectivity index (χ2n) is 6.03. The van der Waals surface area contributed by atoms with E-state index in [0.29, 0.717) is 4.47 Å². The third-order valence-electron chi connectivity index (χ3n) is 3.76. The van der Waals surface area contributed by atoms with E-state index in [1.54, 1.807) is 6.07 Å². The van der Waals surface area contributed by atoms with E-state index < -0.39 is 0 Å². The summed E-state index contributed by atoms with van der Waals surface area (Å²) in [4.78, 5) is 0. The minimum absolute atomic E-state index is 0.176. The van der Waals surface area contributed by atoms with E-state index in [0.717, 1.165) is 28.9 Å². The summed E-state index contributed by atoms with van der Waals surface area (Å²) in [6, 6.07) is 10.5. The number of hydrogen-bond acceptors (Lipinski definition) is 2. The predicted molar refractivity (Wildman–Crippen MR) is 85.0 cm³/mol. The number of benzene rings is 2. The van der Waals surface area contributed by atoms with Gasteiger partial charge in [-0.3, -0.25) is 0 Å². The molecule has 0 amide bonds. The first-order valence-corrected chi connectivity index (χ1v) is 7.68. The van der Waals surface area contributed by atoms with Crippen LogP contribution in [0.25, 0.3) is 0 Å². The summed E-state index contributed by atoms with van der Waals surface area (Å²) in [5.74, 6) is 0.614. The smallest absolute Gasteiger partial charge is 0.137 e. The van der Waals surface area contributed by atoms with Crippen molar-refractivity contribution < 1.29 is 9.13 Å². The van der Waals surface area contributed by atoms with E-state index in [9.17, 15) is 4.39 Å². The van der Waals surface area contributed by atoms with Crippen LogP contribution in [0.15, 0.2) is 40.9 Å². The van der Waals surface area contributed by atoms with E-state index in [2.05, 4.69) is 35.8 Å². The number of ether oxygens (including phenoxy) is 1. The summed E-state index contributed by atoms with van der Waals surface area (Å²) >= 11 is 3.28. The van der Waals surface area contributed by atoms with E-state index in [1.807, 2.05) is 18.2 Å². The molecule has 2 aromatic rings. The van der Waals surface area contributed by atoms with Crippen LogP contribution in [0.1, 0.15) is 36.6 Å². The molecule has 1 unspecified atom stereocenters. The van der Waals surface area contributed by atoms with Crippen LogP contribution >= 0.6 is 15.9 Å². The Morgan fingerprint density at radius 1 is 1.29 bits per heavy atom. The van der Waals surface area contributed by atoms with Gasteiger partial charge in [0.1, 0.15) is 17.2 Å². The Morgan fingerprint density at radius 3 is 2.81 bits per heavy atom. The zero-order chi connectivity index (χ0) is 15.2. The number of rotatable bonds is 2. The van der Waals surface area contributed by atoms with E-state index in [4.69, 9.17) is 10.5 Å². The quantitative estimate of drug-likeness (QED) is 0.874. The lowest BCUT2D eigenvalue weighted by atomic mass is 9.95. The molecule has 0 radical (unpaired) electrons. The van der Waals surface area contributed by atoms with Crippen molar-refractivity contribution in [3.63, 3.8) is 0 Å². The van der Waals surface area contributed by atoms with Gasteiger partial charge in [0, 0.05) is 6.42 Å². The molecule has 1 aliphatic rings. The fourth-order valence-corrected chi connectivity index (χ4v) is 3.27. The molecule has 4 heteroatoms. The first kappa shape index (κ1) is 14.5. The summed E-state index contributed by atoms with van der Waals surface area (Å²) in [6.07, 6.45) is 0.854. The molecule has 0 aliphatic carbocycles. The highest BCUT2D eigenvalue weighted by Crippen LogP contribution is 2.37. The van der Waals surface area contributed by atoms with E-state index >= 15 is 0 Å². The Balaban J connectivity index is 1.97. The average molecular weight is 350 g/mol. The Bertz CT molecular complexity index is 699. The molecule has 21 heavy (non-hydrogen) atoms. The molecule has 2 aromatic carbocycles. The zero-order valence-electron chi connectivity index (χ0n) is 12.0. The van der Waals surface area contributed by atoms with Crippen molar-refractivity contribution in [2.45, 2.75) is 31.9 Å². The SMILES string of the molecule is CC1(C)Cc2cc(C(N)c3cccc(F)c3Br)ccc2O1. The minimum atomic E-state index is -0.371. The Morgan fingerprint density at radius 2 is 2.05 bits per heavy atom. The molecule has 2 N–H and O–H groups in total. The normalized spacial score (nSPS) is 17.2. The minimum Gasteiger partial charge on any atom is -0.487 e. The topological polar surface area (TPSA) is 35.2 Å². The van der Waals surface area contributed by atoms with Gasteiger partial charge in [-0.05, 0) is 58.6 Å². The molecule has 0 saturated carbocycles. The number of halogens is 2. The van der Waals surface area contributed by atoms with Crippen LogP contribution in [0.3, 0.4) is 0 Å². The highest BCUT2D eigenvalue weighted by Gasteiger charge is 2.30. The molecule has 1 atom stereocenters. The molecular formula is C17H17BrFNO. The lowest BCUT2D eigenvalue weighted by molar-refractivity contribution is 0.138. The van der Waals surface area contributed by atoms with Crippen molar-refractivity contribution in [3.8, 4) is 5.75 Å². The van der Waals surface area contributed by atoms with Gasteiger partial charge < -0.3 is 10.5 Å².